The molecule has 0 spiro atoms. The van der Waals surface area contributed by atoms with Gasteiger partial charge in [0, 0.05) is 11.6 Å². The average Bonchev–Trinajstić information content (AvgIpc) is 2.45. The van der Waals surface area contributed by atoms with Crippen LogP contribution in [0, 0.1) is 10.1 Å². The maximum absolute atomic E-state index is 11.0. The quantitative estimate of drug-likeness (QED) is 0.341. The number of phenols is 1. The maximum atomic E-state index is 11.0. The third-order valence-electron chi connectivity index (χ3n) is 2.67. The van der Waals surface area contributed by atoms with Gasteiger partial charge in [0.25, 0.3) is 5.69 Å². The van der Waals surface area contributed by atoms with Crippen LogP contribution in [0.4, 0.5) is 11.4 Å². The van der Waals surface area contributed by atoms with Gasteiger partial charge in [0.05, 0.1) is 10.5 Å². The molecule has 0 saturated heterocycles. The Labute approximate surface area is 123 Å². The fourth-order valence-corrected chi connectivity index (χ4v) is 2.01. The van der Waals surface area contributed by atoms with Crippen LogP contribution < -0.4 is 0 Å². The number of nitrogens with zero attached hydrogens (tertiary/aromatic N) is 3. The third kappa shape index (κ3) is 3.53. The molecule has 114 valence electrons. The van der Waals surface area contributed by atoms with Crippen molar-refractivity contribution in [2.45, 2.75) is 0 Å². The van der Waals surface area contributed by atoms with Gasteiger partial charge in [-0.15, -0.1) is 5.11 Å². The van der Waals surface area contributed by atoms with Crippen molar-refractivity contribution < 1.29 is 24.4 Å². The van der Waals surface area contributed by atoms with E-state index in [1.54, 1.807) is 6.07 Å². The molecule has 2 aromatic carbocycles. The van der Waals surface area contributed by atoms with Crippen LogP contribution in [-0.4, -0.2) is 19.8 Å². The van der Waals surface area contributed by atoms with Crippen LogP contribution in [0.25, 0.3) is 11.1 Å². The highest BCUT2D eigenvalue weighted by molar-refractivity contribution is 7.50. The molecule has 9 nitrogen and oxygen atoms in total. The van der Waals surface area contributed by atoms with E-state index in [0.29, 0.717) is 0 Å². The number of benzene rings is 2. The van der Waals surface area contributed by atoms with Crippen molar-refractivity contribution in [3.05, 3.63) is 52.6 Å². The van der Waals surface area contributed by atoms with Crippen molar-refractivity contribution >= 4 is 19.1 Å². The second-order valence-electron chi connectivity index (χ2n) is 4.15. The number of phenolic OH excluding ortho intramolecular Hbond substituents is 1. The topological polar surface area (TPSA) is 146 Å². The monoisotopic (exact) mass is 323 g/mol. The van der Waals surface area contributed by atoms with Crippen LogP contribution in [0.15, 0.2) is 52.5 Å². The average molecular weight is 323 g/mol. The van der Waals surface area contributed by atoms with E-state index >= 15 is 0 Å². The summed E-state index contributed by atoms with van der Waals surface area (Å²) in [7, 11) is -4.72. The van der Waals surface area contributed by atoms with Gasteiger partial charge in [-0.25, -0.2) is 4.57 Å². The van der Waals surface area contributed by atoms with Gasteiger partial charge in [-0.2, -0.15) is 0 Å². The Morgan fingerprint density at radius 2 is 1.68 bits per heavy atom. The highest BCUT2D eigenvalue weighted by Crippen LogP contribution is 2.43. The summed E-state index contributed by atoms with van der Waals surface area (Å²) in [5.41, 5.74) is -0.173. The molecular formula is C12H10N3O6P. The Morgan fingerprint density at radius 1 is 1.05 bits per heavy atom. The first-order chi connectivity index (χ1) is 10.3. The molecule has 0 aliphatic carbocycles. The Balaban J connectivity index is 2.58. The molecule has 0 aromatic heterocycles. The smallest absolute Gasteiger partial charge is 0.466 e. The number of nitro groups is 1. The summed E-state index contributed by atoms with van der Waals surface area (Å²) in [4.78, 5) is 30.5. The number of nitro benzene ring substituents is 1. The summed E-state index contributed by atoms with van der Waals surface area (Å²) in [6.45, 7) is 0. The molecule has 0 aliphatic rings. The Kier molecular flexibility index (Phi) is 4.32. The summed E-state index contributed by atoms with van der Waals surface area (Å²) >= 11 is 0. The first-order valence-corrected chi connectivity index (χ1v) is 7.41. The molecule has 0 saturated carbocycles. The molecule has 0 fully saturated rings. The zero-order valence-electron chi connectivity index (χ0n) is 10.9. The summed E-state index contributed by atoms with van der Waals surface area (Å²) in [5, 5.41) is 24.4. The number of rotatable bonds is 4. The first kappa shape index (κ1) is 15.8. The van der Waals surface area contributed by atoms with Crippen LogP contribution in [-0.2, 0) is 4.57 Å². The van der Waals surface area contributed by atoms with E-state index in [1.807, 2.05) is 0 Å². The molecule has 0 atom stereocenters. The molecule has 0 bridgehead atoms. The van der Waals surface area contributed by atoms with Crippen LogP contribution in [0.2, 0.25) is 0 Å². The zero-order chi connectivity index (χ0) is 16.3. The highest BCUT2D eigenvalue weighted by atomic mass is 31.2. The Hall–Kier alpha value is -2.61. The van der Waals surface area contributed by atoms with Crippen molar-refractivity contribution in [1.29, 1.82) is 0 Å². The van der Waals surface area contributed by atoms with E-state index in [9.17, 15) is 19.8 Å². The predicted molar refractivity (Wildman–Crippen MR) is 76.8 cm³/mol. The predicted octanol–water partition coefficient (Wildman–Crippen LogP) is 3.14. The third-order valence-corrected chi connectivity index (χ3v) is 3.00. The second kappa shape index (κ2) is 6.02. The minimum Gasteiger partial charge on any atom is -0.505 e. The van der Waals surface area contributed by atoms with Crippen LogP contribution in [0.3, 0.4) is 0 Å². The van der Waals surface area contributed by atoms with Gasteiger partial charge in [0.15, 0.2) is 5.75 Å². The van der Waals surface area contributed by atoms with Gasteiger partial charge < -0.3 is 14.9 Å². The van der Waals surface area contributed by atoms with Crippen molar-refractivity contribution in [1.82, 2.24) is 0 Å². The van der Waals surface area contributed by atoms with Crippen molar-refractivity contribution in [3.8, 4) is 16.9 Å². The molecular weight excluding hydrogens is 313 g/mol. The molecule has 10 heteroatoms. The number of hydrogen-bond acceptors (Lipinski definition) is 5. The van der Waals surface area contributed by atoms with Gasteiger partial charge >= 0.3 is 7.75 Å². The molecule has 0 amide bonds. The normalized spacial score (nSPS) is 11.7. The lowest BCUT2D eigenvalue weighted by molar-refractivity contribution is -0.384. The standard InChI is InChI=1S/C12H10N3O6P/c16-12-9(8-4-1-2-7-11(8)15(17)18)5-3-6-10(12)13-14-22(19,20)21/h1-7,16H,(H2,19,20,21)/b14-13+. The zero-order valence-corrected chi connectivity index (χ0v) is 11.8. The lowest BCUT2D eigenvalue weighted by atomic mass is 10.0. The summed E-state index contributed by atoms with van der Waals surface area (Å²) in [6, 6.07) is 9.89. The van der Waals surface area contributed by atoms with Gasteiger partial charge in [-0.3, -0.25) is 10.1 Å². The largest absolute Gasteiger partial charge is 0.505 e. The summed E-state index contributed by atoms with van der Waals surface area (Å²) < 4.78 is 10.7. The molecule has 2 aromatic rings. The van der Waals surface area contributed by atoms with Crippen LogP contribution in [0.1, 0.15) is 0 Å². The molecule has 0 radical (unpaired) electrons. The molecule has 0 unspecified atom stereocenters. The summed E-state index contributed by atoms with van der Waals surface area (Å²) in [6.07, 6.45) is 0. The highest BCUT2D eigenvalue weighted by Gasteiger charge is 2.19. The van der Waals surface area contributed by atoms with Gasteiger partial charge in [0.2, 0.25) is 0 Å². The molecule has 3 N–H and O–H groups in total. The van der Waals surface area contributed by atoms with Crippen LogP contribution in [0.5, 0.6) is 5.75 Å². The minimum atomic E-state index is -4.72. The first-order valence-electron chi connectivity index (χ1n) is 5.84. The second-order valence-corrected chi connectivity index (χ2v) is 5.36. The molecule has 22 heavy (non-hydrogen) atoms. The van der Waals surface area contributed by atoms with E-state index in [0.717, 1.165) is 0 Å². The van der Waals surface area contributed by atoms with E-state index in [-0.39, 0.29) is 22.5 Å². The molecule has 2 rings (SSSR count). The van der Waals surface area contributed by atoms with E-state index in [2.05, 4.69) is 10.00 Å². The van der Waals surface area contributed by atoms with Gasteiger partial charge in [0.1, 0.15) is 5.69 Å². The Bertz CT molecular complexity index is 801. The molecule has 0 aliphatic heterocycles. The number of aromatic hydroxyl groups is 1. The summed E-state index contributed by atoms with van der Waals surface area (Å²) in [5.74, 6) is -0.464. The molecule has 0 heterocycles. The fourth-order valence-electron chi connectivity index (χ4n) is 1.80. The van der Waals surface area contributed by atoms with Crippen molar-refractivity contribution in [3.63, 3.8) is 0 Å². The lowest BCUT2D eigenvalue weighted by Gasteiger charge is -2.07. The van der Waals surface area contributed by atoms with Crippen LogP contribution >= 0.6 is 7.75 Å². The van der Waals surface area contributed by atoms with E-state index in [1.165, 1.54) is 36.4 Å². The van der Waals surface area contributed by atoms with E-state index in [4.69, 9.17) is 9.79 Å². The lowest BCUT2D eigenvalue weighted by Crippen LogP contribution is -1.91. The Morgan fingerprint density at radius 3 is 2.32 bits per heavy atom. The minimum absolute atomic E-state index is 0.106. The van der Waals surface area contributed by atoms with Crippen molar-refractivity contribution in [2.75, 3.05) is 0 Å². The number of para-hydroxylation sites is 2. The van der Waals surface area contributed by atoms with E-state index < -0.39 is 18.4 Å². The van der Waals surface area contributed by atoms with Crippen molar-refractivity contribution in [2.24, 2.45) is 10.00 Å². The maximum Gasteiger partial charge on any atom is 0.466 e. The fraction of sp³-hybridized carbons (Fsp3) is 0. The van der Waals surface area contributed by atoms with Gasteiger partial charge in [-0.1, -0.05) is 29.2 Å². The number of hydrogen-bond donors (Lipinski definition) is 3. The van der Waals surface area contributed by atoms with Gasteiger partial charge in [-0.05, 0) is 12.1 Å². The SMILES string of the molecule is O=[N+]([O-])c1ccccc1-c1cccc(/N=N/P(=O)(O)O)c1O.